The van der Waals surface area contributed by atoms with Crippen LogP contribution in [-0.2, 0) is 13.0 Å². The molecule has 6 N–H and O–H groups in total. The first-order chi connectivity index (χ1) is 16.0. The minimum absolute atomic E-state index is 0.0279. The lowest BCUT2D eigenvalue weighted by molar-refractivity contribution is 0.0902. The summed E-state index contributed by atoms with van der Waals surface area (Å²) in [6.45, 7) is 4.40. The first-order valence-corrected chi connectivity index (χ1v) is 11.8. The molecule has 7 nitrogen and oxygen atoms in total. The molecule has 1 amide bonds. The number of amides is 1. The highest BCUT2D eigenvalue weighted by molar-refractivity contribution is 6.02. The van der Waals surface area contributed by atoms with E-state index in [0.29, 0.717) is 17.8 Å². The van der Waals surface area contributed by atoms with Crippen molar-refractivity contribution in [3.8, 4) is 0 Å². The van der Waals surface area contributed by atoms with Crippen molar-refractivity contribution in [2.75, 3.05) is 26.2 Å². The highest BCUT2D eigenvalue weighted by Crippen LogP contribution is 2.23. The van der Waals surface area contributed by atoms with Gasteiger partial charge in [-0.15, -0.1) is 0 Å². The number of rotatable bonds is 9. The summed E-state index contributed by atoms with van der Waals surface area (Å²) in [5.41, 5.74) is 14.8. The van der Waals surface area contributed by atoms with Crippen molar-refractivity contribution in [1.29, 1.82) is 5.41 Å². The van der Waals surface area contributed by atoms with Gasteiger partial charge in [-0.1, -0.05) is 42.5 Å². The molecule has 1 saturated heterocycles. The number of benzene rings is 2. The minimum atomic E-state index is -0.0379. The zero-order chi connectivity index (χ0) is 23.2. The molecule has 0 aliphatic carbocycles. The maximum absolute atomic E-state index is 13.4. The fraction of sp³-hybridized carbons (Fsp3) is 0.385. The lowest BCUT2D eigenvalue weighted by Gasteiger charge is -2.32. The number of fused-ring (bicyclic) bond motifs is 1. The lowest BCUT2D eigenvalue weighted by atomic mass is 10.0. The number of nitrogens with zero attached hydrogens (tertiary/aromatic N) is 2. The van der Waals surface area contributed by atoms with Crippen LogP contribution in [0.15, 0.2) is 54.6 Å². The van der Waals surface area contributed by atoms with Crippen LogP contribution in [0.3, 0.4) is 0 Å². The van der Waals surface area contributed by atoms with E-state index in [2.05, 4.69) is 26.9 Å². The van der Waals surface area contributed by atoms with Crippen LogP contribution in [0.4, 0.5) is 0 Å². The summed E-state index contributed by atoms with van der Waals surface area (Å²) >= 11 is 0. The normalized spacial score (nSPS) is 15.1. The number of hydrogen-bond acceptors (Lipinski definition) is 4. The van der Waals surface area contributed by atoms with E-state index >= 15 is 0 Å². The minimum Gasteiger partial charge on any atom is -0.384 e. The largest absolute Gasteiger partial charge is 0.384 e. The molecule has 1 aliphatic rings. The van der Waals surface area contributed by atoms with Gasteiger partial charge < -0.3 is 26.3 Å². The van der Waals surface area contributed by atoms with Crippen molar-refractivity contribution in [3.63, 3.8) is 0 Å². The van der Waals surface area contributed by atoms with Gasteiger partial charge in [0.15, 0.2) is 0 Å². The zero-order valence-corrected chi connectivity index (χ0v) is 19.1. The Hall–Kier alpha value is -3.16. The number of aryl methyl sites for hydroxylation is 2. The van der Waals surface area contributed by atoms with Gasteiger partial charge in [0.2, 0.25) is 0 Å². The molecule has 1 fully saturated rings. The summed E-state index contributed by atoms with van der Waals surface area (Å²) in [6, 6.07) is 18.1. The number of piperidine rings is 1. The van der Waals surface area contributed by atoms with Crippen LogP contribution in [0, 0.1) is 5.41 Å². The average Bonchev–Trinajstić information content (AvgIpc) is 3.21. The summed E-state index contributed by atoms with van der Waals surface area (Å²) in [5.74, 6) is -0.0100. The molecule has 0 spiro atoms. The molecule has 0 bridgehead atoms. The Labute approximate surface area is 195 Å². The Kier molecular flexibility index (Phi) is 7.42. The van der Waals surface area contributed by atoms with Gasteiger partial charge in [0.1, 0.15) is 11.5 Å². The number of amidine groups is 1. The third-order valence-electron chi connectivity index (χ3n) is 6.52. The molecule has 3 aromatic rings. The molecule has 2 aromatic carbocycles. The van der Waals surface area contributed by atoms with E-state index < -0.39 is 0 Å². The fourth-order valence-electron chi connectivity index (χ4n) is 4.61. The number of nitrogen functional groups attached to an aromatic ring is 1. The smallest absolute Gasteiger partial charge is 0.268 e. The number of aromatic nitrogens is 1. The summed E-state index contributed by atoms with van der Waals surface area (Å²) in [6.07, 6.45) is 3.74. The Morgan fingerprint density at radius 1 is 1.06 bits per heavy atom. The first-order valence-electron chi connectivity index (χ1n) is 11.8. The first kappa shape index (κ1) is 23.0. The van der Waals surface area contributed by atoms with E-state index in [9.17, 15) is 4.79 Å². The van der Waals surface area contributed by atoms with Crippen molar-refractivity contribution >= 4 is 22.6 Å². The molecule has 4 rings (SSSR count). The number of nitrogens with one attached hydrogen (secondary N) is 2. The summed E-state index contributed by atoms with van der Waals surface area (Å²) in [5, 5.41) is 12.1. The van der Waals surface area contributed by atoms with Crippen LogP contribution in [0.2, 0.25) is 0 Å². The number of nitrogens with two attached hydrogens (primary N) is 2. The number of likely N-dealkylation sites (tertiary alicyclic amines) is 1. The molecule has 0 saturated carbocycles. The lowest BCUT2D eigenvalue weighted by Crippen LogP contribution is -2.45. The van der Waals surface area contributed by atoms with Crippen LogP contribution >= 0.6 is 0 Å². The van der Waals surface area contributed by atoms with Crippen LogP contribution in [0.5, 0.6) is 0 Å². The van der Waals surface area contributed by atoms with Gasteiger partial charge in [0.05, 0.1) is 0 Å². The molecule has 1 aliphatic heterocycles. The second-order valence-corrected chi connectivity index (χ2v) is 8.84. The van der Waals surface area contributed by atoms with Gasteiger partial charge in [-0.2, -0.15) is 0 Å². The third-order valence-corrected chi connectivity index (χ3v) is 6.52. The van der Waals surface area contributed by atoms with Gasteiger partial charge in [-0.05, 0) is 56.5 Å². The van der Waals surface area contributed by atoms with E-state index in [1.165, 1.54) is 5.56 Å². The zero-order valence-electron chi connectivity index (χ0n) is 19.1. The second-order valence-electron chi connectivity index (χ2n) is 8.84. The monoisotopic (exact) mass is 446 g/mol. The summed E-state index contributed by atoms with van der Waals surface area (Å²) in [7, 11) is 0. The van der Waals surface area contributed by atoms with Gasteiger partial charge in [0.25, 0.3) is 5.91 Å². The summed E-state index contributed by atoms with van der Waals surface area (Å²) < 4.78 is 2.07. The van der Waals surface area contributed by atoms with E-state index in [-0.39, 0.29) is 17.8 Å². The van der Waals surface area contributed by atoms with Crippen molar-refractivity contribution in [2.45, 2.75) is 38.3 Å². The second kappa shape index (κ2) is 10.6. The Morgan fingerprint density at radius 3 is 2.52 bits per heavy atom. The Bertz CT molecular complexity index is 1100. The topological polar surface area (TPSA) is 113 Å². The van der Waals surface area contributed by atoms with Crippen molar-refractivity contribution < 1.29 is 4.79 Å². The summed E-state index contributed by atoms with van der Waals surface area (Å²) in [4.78, 5) is 15.8. The average molecular weight is 447 g/mol. The molecule has 0 radical (unpaired) electrons. The van der Waals surface area contributed by atoms with Gasteiger partial charge >= 0.3 is 0 Å². The van der Waals surface area contributed by atoms with E-state index in [4.69, 9.17) is 16.9 Å². The molecule has 33 heavy (non-hydrogen) atoms. The standard InChI is InChI=1S/C26H34N6O/c27-12-4-13-31-14-10-22(11-15-31)30-26(33)24-17-20-7-8-21(25(28)29)18-23(20)32(24)16-9-19-5-2-1-3-6-19/h1-3,5-8,17-18,22H,4,9-16,27H2,(H3,28,29)(H,30,33). The predicted octanol–water partition coefficient (Wildman–Crippen LogP) is 2.71. The number of carbonyl (C=O) groups is 1. The highest BCUT2D eigenvalue weighted by atomic mass is 16.2. The molecule has 7 heteroatoms. The molecule has 174 valence electrons. The van der Waals surface area contributed by atoms with Crippen molar-refractivity contribution in [1.82, 2.24) is 14.8 Å². The van der Waals surface area contributed by atoms with Crippen LogP contribution in [-0.4, -0.2) is 53.4 Å². The van der Waals surface area contributed by atoms with Crippen LogP contribution in [0.1, 0.15) is 40.9 Å². The van der Waals surface area contributed by atoms with Crippen molar-refractivity contribution in [2.24, 2.45) is 11.5 Å². The maximum Gasteiger partial charge on any atom is 0.268 e. The molecular weight excluding hydrogens is 412 g/mol. The number of carbonyl (C=O) groups excluding carboxylic acids is 1. The molecule has 2 heterocycles. The molecule has 0 unspecified atom stereocenters. The SMILES string of the molecule is N=C(N)c1ccc2cc(C(=O)NC3CCN(CCCN)CC3)n(CCc3ccccc3)c2c1. The fourth-order valence-corrected chi connectivity index (χ4v) is 4.61. The molecule has 0 atom stereocenters. The number of hydrogen-bond donors (Lipinski definition) is 4. The van der Waals surface area contributed by atoms with Crippen LogP contribution < -0.4 is 16.8 Å². The molecule has 1 aromatic heterocycles. The predicted molar refractivity (Wildman–Crippen MR) is 134 cm³/mol. The van der Waals surface area contributed by atoms with E-state index in [0.717, 1.165) is 62.8 Å². The molecular formula is C26H34N6O. The quantitative estimate of drug-likeness (QED) is 0.299. The van der Waals surface area contributed by atoms with Gasteiger partial charge in [-0.3, -0.25) is 10.2 Å². The maximum atomic E-state index is 13.4. The Morgan fingerprint density at radius 2 is 1.82 bits per heavy atom. The third kappa shape index (κ3) is 5.61. The highest BCUT2D eigenvalue weighted by Gasteiger charge is 2.23. The van der Waals surface area contributed by atoms with Gasteiger partial charge in [-0.25, -0.2) is 0 Å². The van der Waals surface area contributed by atoms with Crippen molar-refractivity contribution in [3.05, 3.63) is 71.4 Å². The van der Waals surface area contributed by atoms with E-state index in [1.54, 1.807) is 0 Å². The van der Waals surface area contributed by atoms with Crippen LogP contribution in [0.25, 0.3) is 10.9 Å². The Balaban J connectivity index is 1.54. The van der Waals surface area contributed by atoms with E-state index in [1.807, 2.05) is 42.5 Å². The van der Waals surface area contributed by atoms with Gasteiger partial charge in [0, 0.05) is 42.1 Å².